The maximum atomic E-state index is 8.34. The Bertz CT molecular complexity index is 329. The van der Waals surface area contributed by atoms with E-state index in [1.54, 1.807) is 0 Å². The summed E-state index contributed by atoms with van der Waals surface area (Å²) in [6.07, 6.45) is 0.988. The molecule has 0 aliphatic rings. The van der Waals surface area contributed by atoms with Crippen molar-refractivity contribution in [3.63, 3.8) is 0 Å². The summed E-state index contributed by atoms with van der Waals surface area (Å²) in [4.78, 5) is 2.11. The third-order valence-electron chi connectivity index (χ3n) is 2.61. The number of nitrogens with zero attached hydrogens (tertiary/aromatic N) is 1. The summed E-state index contributed by atoms with van der Waals surface area (Å²) in [6.45, 7) is 4.24. The number of aryl methyl sites for hydroxylation is 1. The van der Waals surface area contributed by atoms with Crippen LogP contribution in [0.4, 0.5) is 5.69 Å². The molecular weight excluding hydrogens is 279 g/mol. The Morgan fingerprint density at radius 1 is 1.38 bits per heavy atom. The molecule has 0 radical (unpaired) electrons. The number of benzene rings is 1. The van der Waals surface area contributed by atoms with Crippen molar-refractivity contribution >= 4 is 5.69 Å². The second-order valence-corrected chi connectivity index (χ2v) is 3.95. The molecule has 16 heavy (non-hydrogen) atoms. The average molecular weight is 300 g/mol. The van der Waals surface area contributed by atoms with Crippen LogP contribution in [0.3, 0.4) is 0 Å². The fraction of sp³-hybridized carbons (Fsp3) is 0.500. The Morgan fingerprint density at radius 3 is 2.31 bits per heavy atom. The molecule has 1 atom stereocenters. The molecule has 0 spiro atoms. The molecule has 1 unspecified atom stereocenters. The van der Waals surface area contributed by atoms with Gasteiger partial charge in [-0.3, -0.25) is 0 Å². The van der Waals surface area contributed by atoms with Crippen LogP contribution in [-0.4, -0.2) is 14.1 Å². The molecule has 0 aliphatic heterocycles. The van der Waals surface area contributed by atoms with Gasteiger partial charge >= 0.3 is 27.5 Å². The van der Waals surface area contributed by atoms with Crippen LogP contribution in [0.1, 0.15) is 30.5 Å². The normalized spacial score (nSPS) is 11.2. The SMILES string of the molecule is CCC(N)c1ccc(N(C)C)cc1C.[O]=[Zr]. The van der Waals surface area contributed by atoms with Gasteiger partial charge in [0.15, 0.2) is 0 Å². The minimum absolute atomic E-state index is 0.172. The first kappa shape index (κ1) is 15.7. The monoisotopic (exact) mass is 298 g/mol. The van der Waals surface area contributed by atoms with Gasteiger partial charge in [0.1, 0.15) is 0 Å². The molecule has 0 aliphatic carbocycles. The third kappa shape index (κ3) is 4.27. The van der Waals surface area contributed by atoms with Crippen LogP contribution in [0, 0.1) is 6.92 Å². The Labute approximate surface area is 113 Å². The minimum atomic E-state index is 0.172. The zero-order chi connectivity index (χ0) is 12.7. The first-order valence-electron chi connectivity index (χ1n) is 5.30. The molecule has 0 heterocycles. The first-order chi connectivity index (χ1) is 7.56. The Hall–Kier alpha value is -0.337. The van der Waals surface area contributed by atoms with Gasteiger partial charge in [-0.15, -0.1) is 0 Å². The van der Waals surface area contributed by atoms with Gasteiger partial charge in [-0.2, -0.15) is 0 Å². The topological polar surface area (TPSA) is 46.3 Å². The zero-order valence-electron chi connectivity index (χ0n) is 10.4. The molecular formula is C12H20N2OZr. The summed E-state index contributed by atoms with van der Waals surface area (Å²) in [7, 11) is 4.10. The van der Waals surface area contributed by atoms with Crippen molar-refractivity contribution in [2.24, 2.45) is 5.73 Å². The maximum absolute atomic E-state index is 8.34. The molecule has 0 amide bonds. The second kappa shape index (κ2) is 7.86. The predicted molar refractivity (Wildman–Crippen MR) is 63.4 cm³/mol. The average Bonchev–Trinajstić information content (AvgIpc) is 2.30. The van der Waals surface area contributed by atoms with Crippen LogP contribution in [-0.2, 0) is 27.5 Å². The quantitative estimate of drug-likeness (QED) is 0.932. The molecule has 1 rings (SSSR count). The van der Waals surface area contributed by atoms with Crippen molar-refractivity contribution in [2.75, 3.05) is 19.0 Å². The molecule has 0 bridgehead atoms. The molecule has 2 N–H and O–H groups in total. The molecule has 1 aromatic rings. The zero-order valence-corrected chi connectivity index (χ0v) is 12.9. The Kier molecular flexibility index (Phi) is 7.69. The van der Waals surface area contributed by atoms with Crippen molar-refractivity contribution in [1.82, 2.24) is 0 Å². The van der Waals surface area contributed by atoms with Gasteiger partial charge in [-0.25, -0.2) is 0 Å². The molecule has 1 aromatic carbocycles. The van der Waals surface area contributed by atoms with Crippen molar-refractivity contribution in [2.45, 2.75) is 26.3 Å². The van der Waals surface area contributed by atoms with Crippen LogP contribution in [0.2, 0.25) is 0 Å². The van der Waals surface area contributed by atoms with E-state index < -0.39 is 0 Å². The Morgan fingerprint density at radius 2 is 1.94 bits per heavy atom. The number of anilines is 1. The molecule has 0 fully saturated rings. The van der Waals surface area contributed by atoms with Crippen LogP contribution < -0.4 is 10.6 Å². The van der Waals surface area contributed by atoms with Crippen LogP contribution in [0.15, 0.2) is 18.2 Å². The third-order valence-corrected chi connectivity index (χ3v) is 2.61. The summed E-state index contributed by atoms with van der Waals surface area (Å²) >= 11 is 0.300. The summed E-state index contributed by atoms with van der Waals surface area (Å²) in [5.74, 6) is 0. The van der Waals surface area contributed by atoms with E-state index in [1.165, 1.54) is 16.8 Å². The van der Waals surface area contributed by atoms with E-state index >= 15 is 0 Å². The molecule has 4 heteroatoms. The van der Waals surface area contributed by atoms with Gasteiger partial charge in [0, 0.05) is 25.8 Å². The summed E-state index contributed by atoms with van der Waals surface area (Å²) in [5.41, 5.74) is 9.78. The van der Waals surface area contributed by atoms with E-state index in [1.807, 2.05) is 14.1 Å². The number of hydrogen-bond donors (Lipinski definition) is 1. The number of rotatable bonds is 3. The molecule has 0 saturated heterocycles. The van der Waals surface area contributed by atoms with Gasteiger partial charge in [0.25, 0.3) is 0 Å². The summed E-state index contributed by atoms with van der Waals surface area (Å²) < 4.78 is 8.34. The van der Waals surface area contributed by atoms with Crippen LogP contribution in [0.5, 0.6) is 0 Å². The van der Waals surface area contributed by atoms with Crippen molar-refractivity contribution in [1.29, 1.82) is 0 Å². The van der Waals surface area contributed by atoms with Gasteiger partial charge in [-0.05, 0) is 36.6 Å². The van der Waals surface area contributed by atoms with E-state index in [9.17, 15) is 0 Å². The molecule has 88 valence electrons. The Balaban J connectivity index is 0.00000106. The molecule has 0 aromatic heterocycles. The van der Waals surface area contributed by atoms with E-state index in [2.05, 4.69) is 36.9 Å². The van der Waals surface area contributed by atoms with Gasteiger partial charge in [0.05, 0.1) is 0 Å². The first-order valence-corrected chi connectivity index (χ1v) is 6.30. The van der Waals surface area contributed by atoms with E-state index in [4.69, 9.17) is 8.55 Å². The predicted octanol–water partition coefficient (Wildman–Crippen LogP) is 2.35. The number of nitrogens with two attached hydrogens (primary N) is 1. The van der Waals surface area contributed by atoms with Crippen molar-refractivity contribution in [3.8, 4) is 0 Å². The van der Waals surface area contributed by atoms with E-state index in [0.29, 0.717) is 24.7 Å². The van der Waals surface area contributed by atoms with Gasteiger partial charge < -0.3 is 10.6 Å². The van der Waals surface area contributed by atoms with Crippen LogP contribution >= 0.6 is 0 Å². The fourth-order valence-electron chi connectivity index (χ4n) is 1.57. The fourth-order valence-corrected chi connectivity index (χ4v) is 1.57. The van der Waals surface area contributed by atoms with E-state index in [0.717, 1.165) is 6.42 Å². The van der Waals surface area contributed by atoms with Crippen molar-refractivity contribution in [3.05, 3.63) is 29.3 Å². The second-order valence-electron chi connectivity index (χ2n) is 3.95. The van der Waals surface area contributed by atoms with Crippen molar-refractivity contribution < 1.29 is 27.5 Å². The number of hydrogen-bond acceptors (Lipinski definition) is 3. The van der Waals surface area contributed by atoms with Gasteiger partial charge in [0.2, 0.25) is 0 Å². The molecule has 3 nitrogen and oxygen atoms in total. The van der Waals surface area contributed by atoms with Crippen LogP contribution in [0.25, 0.3) is 0 Å². The van der Waals surface area contributed by atoms with E-state index in [-0.39, 0.29) is 6.04 Å². The molecule has 0 saturated carbocycles. The summed E-state index contributed by atoms with van der Waals surface area (Å²) in [6, 6.07) is 6.62. The van der Waals surface area contributed by atoms with Gasteiger partial charge in [-0.1, -0.05) is 13.0 Å². The summed E-state index contributed by atoms with van der Waals surface area (Å²) in [5, 5.41) is 0. The standard InChI is InChI=1S/C12H20N2.O.Zr/c1-5-12(13)11-7-6-10(14(3)4)8-9(11)2;;/h6-8,12H,5,13H2,1-4H3;;.